The molecule has 1 N–H and O–H groups in total. The molecule has 0 saturated heterocycles. The highest BCUT2D eigenvalue weighted by atomic mass is 16.5. The number of benzene rings is 1. The van der Waals surface area contributed by atoms with E-state index in [9.17, 15) is 9.90 Å². The molecule has 7 nitrogen and oxygen atoms in total. The summed E-state index contributed by atoms with van der Waals surface area (Å²) in [7, 11) is 1.57. The predicted octanol–water partition coefficient (Wildman–Crippen LogP) is 2.38. The van der Waals surface area contributed by atoms with Crippen molar-refractivity contribution < 1.29 is 19.4 Å². The maximum absolute atomic E-state index is 11.8. The minimum atomic E-state index is -0.878. The number of aryl methyl sites for hydroxylation is 1. The van der Waals surface area contributed by atoms with Gasteiger partial charge in [-0.2, -0.15) is 4.98 Å². The summed E-state index contributed by atoms with van der Waals surface area (Å²) in [5.41, 5.74) is 2.56. The molecular formula is C18H21N3O4. The number of aromatic nitrogens is 2. The van der Waals surface area contributed by atoms with Gasteiger partial charge in [0.1, 0.15) is 5.75 Å². The number of aliphatic carboxylic acids is 1. The quantitative estimate of drug-likeness (QED) is 0.892. The van der Waals surface area contributed by atoms with E-state index in [-0.39, 0.29) is 0 Å². The minimum absolute atomic E-state index is 0.296. The second-order valence-electron chi connectivity index (χ2n) is 5.93. The molecule has 25 heavy (non-hydrogen) atoms. The van der Waals surface area contributed by atoms with Gasteiger partial charge in [-0.15, -0.1) is 0 Å². The molecule has 1 aromatic heterocycles. The van der Waals surface area contributed by atoms with Crippen molar-refractivity contribution in [3.05, 3.63) is 41.1 Å². The van der Waals surface area contributed by atoms with E-state index in [2.05, 4.69) is 9.97 Å². The number of anilines is 1. The summed E-state index contributed by atoms with van der Waals surface area (Å²) in [6.45, 7) is 5.12. The van der Waals surface area contributed by atoms with Gasteiger partial charge in [0.05, 0.1) is 19.6 Å². The van der Waals surface area contributed by atoms with E-state index in [1.54, 1.807) is 19.4 Å². The zero-order chi connectivity index (χ0) is 18.0. The maximum atomic E-state index is 11.8. The van der Waals surface area contributed by atoms with Gasteiger partial charge in [-0.05, 0) is 37.1 Å². The lowest BCUT2D eigenvalue weighted by atomic mass is 9.89. The summed E-state index contributed by atoms with van der Waals surface area (Å²) < 4.78 is 10.8. The van der Waals surface area contributed by atoms with Gasteiger partial charge in [-0.3, -0.25) is 4.79 Å². The molecule has 1 unspecified atom stereocenters. The van der Waals surface area contributed by atoms with Gasteiger partial charge in [-0.25, -0.2) is 4.98 Å². The summed E-state index contributed by atoms with van der Waals surface area (Å²) in [4.78, 5) is 22.5. The van der Waals surface area contributed by atoms with E-state index in [1.165, 1.54) is 0 Å². The van der Waals surface area contributed by atoms with Gasteiger partial charge in [0.2, 0.25) is 11.8 Å². The van der Waals surface area contributed by atoms with E-state index in [0.717, 1.165) is 16.7 Å². The number of carboxylic acids is 1. The Bertz CT molecular complexity index is 794. The molecule has 2 aromatic rings. The summed E-state index contributed by atoms with van der Waals surface area (Å²) in [5, 5.41) is 9.66. The molecule has 0 fully saturated rings. The summed E-state index contributed by atoms with van der Waals surface area (Å²) in [6, 6.07) is 5.53. The first-order valence-corrected chi connectivity index (χ1v) is 8.14. The average Bonchev–Trinajstić information content (AvgIpc) is 2.62. The molecule has 1 aromatic carbocycles. The highest BCUT2D eigenvalue weighted by Gasteiger charge is 2.32. The molecule has 0 spiro atoms. The fourth-order valence-electron chi connectivity index (χ4n) is 2.97. The van der Waals surface area contributed by atoms with Crippen molar-refractivity contribution in [1.29, 1.82) is 0 Å². The molecule has 1 atom stereocenters. The first kappa shape index (κ1) is 17.0. The number of hydrogen-bond acceptors (Lipinski definition) is 6. The van der Waals surface area contributed by atoms with Gasteiger partial charge >= 0.3 is 5.97 Å². The van der Waals surface area contributed by atoms with Crippen LogP contribution in [0.15, 0.2) is 24.4 Å². The molecule has 3 rings (SSSR count). The van der Waals surface area contributed by atoms with Gasteiger partial charge < -0.3 is 19.5 Å². The standard InChI is InChI=1S/C18H21N3O4/c1-4-25-16-11(2)8-19-18(20-16)21-9-12-5-6-13(24-3)7-14(12)15(10-21)17(22)23/h5-8,15H,4,9-10H2,1-3H3,(H,22,23). The number of carboxylic acid groups (broad SMARTS) is 1. The van der Waals surface area contributed by atoms with E-state index >= 15 is 0 Å². The van der Waals surface area contributed by atoms with Gasteiger partial charge in [0, 0.05) is 24.8 Å². The van der Waals surface area contributed by atoms with Crippen molar-refractivity contribution in [3.8, 4) is 11.6 Å². The average molecular weight is 343 g/mol. The van der Waals surface area contributed by atoms with Crippen LogP contribution in [0.25, 0.3) is 0 Å². The molecular weight excluding hydrogens is 322 g/mol. The molecule has 7 heteroatoms. The SMILES string of the molecule is CCOc1nc(N2Cc3ccc(OC)cc3C(C(=O)O)C2)ncc1C. The minimum Gasteiger partial charge on any atom is -0.497 e. The van der Waals surface area contributed by atoms with Crippen LogP contribution in [0.1, 0.15) is 29.5 Å². The Balaban J connectivity index is 1.97. The number of methoxy groups -OCH3 is 1. The Morgan fingerprint density at radius 3 is 2.92 bits per heavy atom. The van der Waals surface area contributed by atoms with Crippen LogP contribution in [0.5, 0.6) is 11.6 Å². The Labute approximate surface area is 146 Å². The van der Waals surface area contributed by atoms with Crippen LogP contribution in [-0.2, 0) is 11.3 Å². The first-order valence-electron chi connectivity index (χ1n) is 8.14. The van der Waals surface area contributed by atoms with Crippen molar-refractivity contribution in [2.45, 2.75) is 26.3 Å². The van der Waals surface area contributed by atoms with Crippen LogP contribution >= 0.6 is 0 Å². The van der Waals surface area contributed by atoms with Gasteiger partial charge in [0.25, 0.3) is 0 Å². The molecule has 2 heterocycles. The van der Waals surface area contributed by atoms with Crippen LogP contribution < -0.4 is 14.4 Å². The van der Waals surface area contributed by atoms with Crippen LogP contribution in [0.3, 0.4) is 0 Å². The number of fused-ring (bicyclic) bond motifs is 1. The van der Waals surface area contributed by atoms with Gasteiger partial charge in [-0.1, -0.05) is 6.07 Å². The molecule has 0 saturated carbocycles. The fraction of sp³-hybridized carbons (Fsp3) is 0.389. The maximum Gasteiger partial charge on any atom is 0.312 e. The Morgan fingerprint density at radius 2 is 2.24 bits per heavy atom. The van der Waals surface area contributed by atoms with Crippen molar-refractivity contribution >= 4 is 11.9 Å². The molecule has 132 valence electrons. The number of ether oxygens (including phenoxy) is 2. The van der Waals surface area contributed by atoms with E-state index in [4.69, 9.17) is 9.47 Å². The van der Waals surface area contributed by atoms with Gasteiger partial charge in [0.15, 0.2) is 0 Å². The topological polar surface area (TPSA) is 84.8 Å². The smallest absolute Gasteiger partial charge is 0.312 e. The lowest BCUT2D eigenvalue weighted by Gasteiger charge is -2.33. The third-order valence-electron chi connectivity index (χ3n) is 4.27. The number of carbonyl (C=O) groups is 1. The highest BCUT2D eigenvalue weighted by Crippen LogP contribution is 2.33. The zero-order valence-corrected chi connectivity index (χ0v) is 14.5. The zero-order valence-electron chi connectivity index (χ0n) is 14.5. The summed E-state index contributed by atoms with van der Waals surface area (Å²) in [5.74, 6) is 0.112. The third-order valence-corrected chi connectivity index (χ3v) is 4.27. The normalized spacial score (nSPS) is 16.3. The monoisotopic (exact) mass is 343 g/mol. The molecule has 0 amide bonds. The Morgan fingerprint density at radius 1 is 1.44 bits per heavy atom. The third kappa shape index (κ3) is 3.35. The van der Waals surface area contributed by atoms with E-state index < -0.39 is 11.9 Å². The predicted molar refractivity (Wildman–Crippen MR) is 92.4 cm³/mol. The lowest BCUT2D eigenvalue weighted by Crippen LogP contribution is -2.37. The first-order chi connectivity index (χ1) is 12.0. The van der Waals surface area contributed by atoms with Crippen molar-refractivity contribution in [1.82, 2.24) is 9.97 Å². The summed E-state index contributed by atoms with van der Waals surface area (Å²) in [6.07, 6.45) is 1.70. The largest absolute Gasteiger partial charge is 0.497 e. The lowest BCUT2D eigenvalue weighted by molar-refractivity contribution is -0.138. The van der Waals surface area contributed by atoms with E-state index in [1.807, 2.05) is 30.9 Å². The number of rotatable bonds is 5. The van der Waals surface area contributed by atoms with Crippen molar-refractivity contribution in [2.75, 3.05) is 25.2 Å². The second kappa shape index (κ2) is 6.96. The molecule has 0 aliphatic carbocycles. The number of hydrogen-bond donors (Lipinski definition) is 1. The Hall–Kier alpha value is -2.83. The second-order valence-corrected chi connectivity index (χ2v) is 5.93. The molecule has 0 bridgehead atoms. The Kier molecular flexibility index (Phi) is 4.74. The molecule has 1 aliphatic rings. The van der Waals surface area contributed by atoms with Crippen molar-refractivity contribution in [2.24, 2.45) is 0 Å². The number of nitrogens with zero attached hydrogens (tertiary/aromatic N) is 3. The molecule has 1 aliphatic heterocycles. The van der Waals surface area contributed by atoms with Crippen LogP contribution in [-0.4, -0.2) is 41.3 Å². The van der Waals surface area contributed by atoms with E-state index in [0.29, 0.717) is 37.3 Å². The van der Waals surface area contributed by atoms with Crippen molar-refractivity contribution in [3.63, 3.8) is 0 Å². The fourth-order valence-corrected chi connectivity index (χ4v) is 2.97. The van der Waals surface area contributed by atoms with Crippen LogP contribution in [0.2, 0.25) is 0 Å². The summed E-state index contributed by atoms with van der Waals surface area (Å²) >= 11 is 0. The molecule has 0 radical (unpaired) electrons. The van der Waals surface area contributed by atoms with Crippen LogP contribution in [0, 0.1) is 6.92 Å². The van der Waals surface area contributed by atoms with Crippen LogP contribution in [0.4, 0.5) is 5.95 Å². The highest BCUT2D eigenvalue weighted by molar-refractivity contribution is 5.78.